The molecule has 0 spiro atoms. The normalized spacial score (nSPS) is 15.3. The predicted octanol–water partition coefficient (Wildman–Crippen LogP) is 3.82. The van der Waals surface area contributed by atoms with E-state index in [1.807, 2.05) is 43.0 Å². The van der Waals surface area contributed by atoms with Gasteiger partial charge >= 0.3 is 0 Å². The molecular weight excluding hydrogens is 352 g/mol. The van der Waals surface area contributed by atoms with Crippen LogP contribution >= 0.6 is 0 Å². The van der Waals surface area contributed by atoms with E-state index in [1.54, 1.807) is 7.11 Å². The summed E-state index contributed by atoms with van der Waals surface area (Å²) in [4.78, 5) is 17.2. The fraction of sp³-hybridized carbons (Fsp3) is 0.435. The van der Waals surface area contributed by atoms with Crippen molar-refractivity contribution in [2.45, 2.75) is 33.3 Å². The van der Waals surface area contributed by atoms with E-state index in [-0.39, 0.29) is 5.91 Å². The molecular formula is C23H30N2O3. The Hall–Kier alpha value is -2.69. The summed E-state index contributed by atoms with van der Waals surface area (Å²) in [6, 6.07) is 14.1. The van der Waals surface area contributed by atoms with Crippen LogP contribution in [0.5, 0.6) is 11.5 Å². The van der Waals surface area contributed by atoms with Crippen LogP contribution in [0.2, 0.25) is 0 Å². The van der Waals surface area contributed by atoms with Gasteiger partial charge in [0.15, 0.2) is 6.10 Å². The van der Waals surface area contributed by atoms with Gasteiger partial charge in [0.2, 0.25) is 0 Å². The monoisotopic (exact) mass is 382 g/mol. The maximum Gasteiger partial charge on any atom is 0.263 e. The standard InChI is InChI=1S/C23H30N2O3/c1-5-21(28-22-11-6-17(2)16-18(22)3)23(26)25-14-12-24(13-15-25)19-7-9-20(27-4)10-8-19/h6-11,16,21H,5,12-15H2,1-4H3. The first-order valence-electron chi connectivity index (χ1n) is 9.93. The molecule has 0 N–H and O–H groups in total. The van der Waals surface area contributed by atoms with Crippen molar-refractivity contribution in [3.8, 4) is 11.5 Å². The maximum atomic E-state index is 13.0. The molecule has 5 nitrogen and oxygen atoms in total. The largest absolute Gasteiger partial charge is 0.497 e. The van der Waals surface area contributed by atoms with Crippen LogP contribution in [0, 0.1) is 13.8 Å². The number of carbonyl (C=O) groups is 1. The minimum Gasteiger partial charge on any atom is -0.497 e. The number of hydrogen-bond donors (Lipinski definition) is 0. The third-order valence-electron chi connectivity index (χ3n) is 5.27. The second-order valence-electron chi connectivity index (χ2n) is 7.29. The lowest BCUT2D eigenvalue weighted by Crippen LogP contribution is -2.52. The van der Waals surface area contributed by atoms with E-state index in [0.29, 0.717) is 19.5 Å². The van der Waals surface area contributed by atoms with Crippen molar-refractivity contribution in [3.63, 3.8) is 0 Å². The highest BCUT2D eigenvalue weighted by atomic mass is 16.5. The summed E-state index contributed by atoms with van der Waals surface area (Å²) < 4.78 is 11.3. The average Bonchev–Trinajstić information content (AvgIpc) is 2.73. The van der Waals surface area contributed by atoms with E-state index in [4.69, 9.17) is 9.47 Å². The van der Waals surface area contributed by atoms with E-state index in [1.165, 1.54) is 5.56 Å². The van der Waals surface area contributed by atoms with Crippen molar-refractivity contribution in [1.82, 2.24) is 4.90 Å². The highest BCUT2D eigenvalue weighted by Crippen LogP contribution is 2.23. The molecule has 28 heavy (non-hydrogen) atoms. The molecule has 1 amide bonds. The van der Waals surface area contributed by atoms with Gasteiger partial charge in [0.1, 0.15) is 11.5 Å². The zero-order chi connectivity index (χ0) is 20.1. The first-order chi connectivity index (χ1) is 13.5. The fourth-order valence-electron chi connectivity index (χ4n) is 3.57. The Bertz CT molecular complexity index is 796. The quantitative estimate of drug-likeness (QED) is 0.762. The molecule has 1 saturated heterocycles. The Kier molecular flexibility index (Phi) is 6.45. The number of anilines is 1. The molecule has 1 unspecified atom stereocenters. The Morgan fingerprint density at radius 2 is 1.71 bits per heavy atom. The number of carbonyl (C=O) groups excluding carboxylic acids is 1. The van der Waals surface area contributed by atoms with Crippen LogP contribution < -0.4 is 14.4 Å². The van der Waals surface area contributed by atoms with Gasteiger partial charge in [0.25, 0.3) is 5.91 Å². The molecule has 1 heterocycles. The minimum absolute atomic E-state index is 0.0804. The van der Waals surface area contributed by atoms with Gasteiger partial charge in [0, 0.05) is 31.9 Å². The number of methoxy groups -OCH3 is 1. The van der Waals surface area contributed by atoms with Gasteiger partial charge in [-0.3, -0.25) is 4.79 Å². The summed E-state index contributed by atoms with van der Waals surface area (Å²) >= 11 is 0. The molecule has 0 bridgehead atoms. The molecule has 5 heteroatoms. The third kappa shape index (κ3) is 4.58. The summed E-state index contributed by atoms with van der Waals surface area (Å²) in [5.41, 5.74) is 3.42. The summed E-state index contributed by atoms with van der Waals surface area (Å²) in [5.74, 6) is 1.73. The van der Waals surface area contributed by atoms with E-state index in [0.717, 1.165) is 35.8 Å². The van der Waals surface area contributed by atoms with Gasteiger partial charge < -0.3 is 19.3 Å². The maximum absolute atomic E-state index is 13.0. The van der Waals surface area contributed by atoms with Crippen molar-refractivity contribution < 1.29 is 14.3 Å². The van der Waals surface area contributed by atoms with Gasteiger partial charge in [-0.25, -0.2) is 0 Å². The molecule has 1 atom stereocenters. The second kappa shape index (κ2) is 9.00. The SMILES string of the molecule is CCC(Oc1ccc(C)cc1C)C(=O)N1CCN(c2ccc(OC)cc2)CC1. The minimum atomic E-state index is -0.436. The van der Waals surface area contributed by atoms with Crippen molar-refractivity contribution in [1.29, 1.82) is 0 Å². The van der Waals surface area contributed by atoms with E-state index < -0.39 is 6.10 Å². The van der Waals surface area contributed by atoms with Gasteiger partial charge in [-0.15, -0.1) is 0 Å². The highest BCUT2D eigenvalue weighted by molar-refractivity contribution is 5.81. The highest BCUT2D eigenvalue weighted by Gasteiger charge is 2.28. The first-order valence-corrected chi connectivity index (χ1v) is 9.93. The Morgan fingerprint density at radius 3 is 2.29 bits per heavy atom. The van der Waals surface area contributed by atoms with Crippen LogP contribution in [0.4, 0.5) is 5.69 Å². The number of piperazine rings is 1. The lowest BCUT2D eigenvalue weighted by Gasteiger charge is -2.37. The molecule has 2 aromatic rings. The summed E-state index contributed by atoms with van der Waals surface area (Å²) in [6.07, 6.45) is 0.221. The number of rotatable bonds is 6. The molecule has 0 radical (unpaired) electrons. The summed E-state index contributed by atoms with van der Waals surface area (Å²) in [6.45, 7) is 9.12. The smallest absolute Gasteiger partial charge is 0.263 e. The van der Waals surface area contributed by atoms with Crippen molar-refractivity contribution >= 4 is 11.6 Å². The van der Waals surface area contributed by atoms with Crippen LogP contribution in [0.1, 0.15) is 24.5 Å². The number of aryl methyl sites for hydroxylation is 2. The number of ether oxygens (including phenoxy) is 2. The van der Waals surface area contributed by atoms with Crippen molar-refractivity contribution in [2.24, 2.45) is 0 Å². The van der Waals surface area contributed by atoms with Gasteiger partial charge in [-0.1, -0.05) is 24.6 Å². The molecule has 0 aromatic heterocycles. The molecule has 1 aliphatic heterocycles. The molecule has 0 aliphatic carbocycles. The predicted molar refractivity (Wildman–Crippen MR) is 112 cm³/mol. The van der Waals surface area contributed by atoms with E-state index >= 15 is 0 Å². The second-order valence-corrected chi connectivity index (χ2v) is 7.29. The fourth-order valence-corrected chi connectivity index (χ4v) is 3.57. The lowest BCUT2D eigenvalue weighted by atomic mass is 10.1. The Morgan fingerprint density at radius 1 is 1.04 bits per heavy atom. The van der Waals surface area contributed by atoms with Gasteiger partial charge in [-0.2, -0.15) is 0 Å². The van der Waals surface area contributed by atoms with Crippen LogP contribution in [0.25, 0.3) is 0 Å². The van der Waals surface area contributed by atoms with Crippen LogP contribution in [-0.2, 0) is 4.79 Å². The summed E-state index contributed by atoms with van der Waals surface area (Å²) in [5, 5.41) is 0. The van der Waals surface area contributed by atoms with Crippen molar-refractivity contribution in [2.75, 3.05) is 38.2 Å². The zero-order valence-corrected chi connectivity index (χ0v) is 17.3. The summed E-state index contributed by atoms with van der Waals surface area (Å²) in [7, 11) is 1.67. The van der Waals surface area contributed by atoms with Crippen molar-refractivity contribution in [3.05, 3.63) is 53.6 Å². The van der Waals surface area contributed by atoms with Gasteiger partial charge in [0.05, 0.1) is 7.11 Å². The molecule has 0 saturated carbocycles. The Labute approximate surface area is 167 Å². The van der Waals surface area contributed by atoms with E-state index in [2.05, 4.69) is 30.0 Å². The third-order valence-corrected chi connectivity index (χ3v) is 5.27. The van der Waals surface area contributed by atoms with E-state index in [9.17, 15) is 4.79 Å². The molecule has 1 fully saturated rings. The van der Waals surface area contributed by atoms with Crippen LogP contribution in [-0.4, -0.2) is 50.2 Å². The lowest BCUT2D eigenvalue weighted by molar-refractivity contribution is -0.139. The van der Waals surface area contributed by atoms with Crippen LogP contribution in [0.15, 0.2) is 42.5 Å². The number of benzene rings is 2. The van der Waals surface area contributed by atoms with Crippen LogP contribution in [0.3, 0.4) is 0 Å². The average molecular weight is 383 g/mol. The molecule has 150 valence electrons. The first kappa shape index (κ1) is 20.1. The van der Waals surface area contributed by atoms with Gasteiger partial charge in [-0.05, 0) is 56.2 Å². The molecule has 1 aliphatic rings. The topological polar surface area (TPSA) is 42.0 Å². The Balaban J connectivity index is 1.59. The zero-order valence-electron chi connectivity index (χ0n) is 17.3. The number of amides is 1. The molecule has 2 aromatic carbocycles. The number of hydrogen-bond acceptors (Lipinski definition) is 4. The number of nitrogens with zero attached hydrogens (tertiary/aromatic N) is 2. The molecule has 3 rings (SSSR count).